The first-order valence-electron chi connectivity index (χ1n) is 4.53. The van der Waals surface area contributed by atoms with Gasteiger partial charge in [0.1, 0.15) is 11.5 Å². The zero-order chi connectivity index (χ0) is 12.3. The second-order valence-electron chi connectivity index (χ2n) is 3.40. The van der Waals surface area contributed by atoms with Gasteiger partial charge in [-0.25, -0.2) is 13.6 Å². The maximum absolute atomic E-state index is 11.3. The van der Waals surface area contributed by atoms with E-state index < -0.39 is 10.0 Å². The summed E-state index contributed by atoms with van der Waals surface area (Å²) in [6.07, 6.45) is 0.0168. The number of benzene rings is 1. The summed E-state index contributed by atoms with van der Waals surface area (Å²) in [7, 11) is -2.35. The molecule has 0 amide bonds. The highest BCUT2D eigenvalue weighted by Gasteiger charge is 2.15. The molecular weight excluding hydrogens is 230 g/mol. The van der Waals surface area contributed by atoms with E-state index in [9.17, 15) is 13.2 Å². The molecule has 1 aromatic rings. The van der Waals surface area contributed by atoms with Crippen LogP contribution in [0.15, 0.2) is 23.1 Å². The summed E-state index contributed by atoms with van der Waals surface area (Å²) in [5, 5.41) is 5.04. The van der Waals surface area contributed by atoms with Crippen LogP contribution in [0.3, 0.4) is 0 Å². The molecule has 0 fully saturated rings. The van der Waals surface area contributed by atoms with E-state index in [0.29, 0.717) is 11.3 Å². The summed E-state index contributed by atoms with van der Waals surface area (Å²) in [6, 6.07) is 4.33. The van der Waals surface area contributed by atoms with Crippen LogP contribution >= 0.6 is 0 Å². The van der Waals surface area contributed by atoms with Crippen LogP contribution in [-0.4, -0.2) is 21.3 Å². The Morgan fingerprint density at radius 3 is 2.50 bits per heavy atom. The minimum atomic E-state index is -3.81. The molecule has 0 radical (unpaired) electrons. The van der Waals surface area contributed by atoms with E-state index in [0.717, 1.165) is 0 Å². The van der Waals surface area contributed by atoms with Crippen LogP contribution in [0.5, 0.6) is 5.75 Å². The van der Waals surface area contributed by atoms with Gasteiger partial charge in [0.15, 0.2) is 0 Å². The van der Waals surface area contributed by atoms with Gasteiger partial charge in [-0.05, 0) is 30.7 Å². The molecule has 0 bridgehead atoms. The van der Waals surface area contributed by atoms with Crippen LogP contribution in [0.2, 0.25) is 0 Å². The number of sulfonamides is 1. The maximum atomic E-state index is 11.3. The molecule has 0 aliphatic carbocycles. The second-order valence-corrected chi connectivity index (χ2v) is 4.93. The van der Waals surface area contributed by atoms with Crippen molar-refractivity contribution in [3.8, 4) is 5.75 Å². The van der Waals surface area contributed by atoms with Gasteiger partial charge in [0.25, 0.3) is 0 Å². The van der Waals surface area contributed by atoms with Crippen molar-refractivity contribution in [1.82, 2.24) is 0 Å². The van der Waals surface area contributed by atoms with Crippen molar-refractivity contribution in [2.45, 2.75) is 18.2 Å². The van der Waals surface area contributed by atoms with E-state index in [1.165, 1.54) is 32.2 Å². The van der Waals surface area contributed by atoms with Crippen molar-refractivity contribution in [2.24, 2.45) is 5.14 Å². The van der Waals surface area contributed by atoms with Gasteiger partial charge in [0.2, 0.25) is 10.0 Å². The highest BCUT2D eigenvalue weighted by atomic mass is 32.2. The molecule has 0 heterocycles. The average Bonchev–Trinajstić information content (AvgIpc) is 2.14. The Labute approximate surface area is 94.3 Å². The molecule has 1 rings (SSSR count). The normalized spacial score (nSPS) is 11.2. The lowest BCUT2D eigenvalue weighted by Gasteiger charge is -2.08. The Morgan fingerprint density at radius 2 is 2.06 bits per heavy atom. The van der Waals surface area contributed by atoms with Crippen molar-refractivity contribution < 1.29 is 17.9 Å². The number of ether oxygens (including phenoxy) is 1. The average molecular weight is 243 g/mol. The van der Waals surface area contributed by atoms with E-state index in [1.807, 2.05) is 0 Å². The maximum Gasteiger partial charge on any atom is 0.238 e. The molecule has 2 N–H and O–H groups in total. The van der Waals surface area contributed by atoms with Gasteiger partial charge in [-0.3, -0.25) is 4.79 Å². The Balaban J connectivity index is 3.33. The SMILES string of the molecule is COc1ccc(S(N)(=O)=O)c(CC(C)=O)c1. The number of primary sulfonamides is 1. The van der Waals surface area contributed by atoms with Crippen LogP contribution in [-0.2, 0) is 21.2 Å². The summed E-state index contributed by atoms with van der Waals surface area (Å²) >= 11 is 0. The fraction of sp³-hybridized carbons (Fsp3) is 0.300. The predicted octanol–water partition coefficient (Wildman–Crippen LogP) is 0.474. The molecule has 5 nitrogen and oxygen atoms in total. The first-order valence-corrected chi connectivity index (χ1v) is 6.08. The smallest absolute Gasteiger partial charge is 0.238 e. The molecule has 0 atom stereocenters. The van der Waals surface area contributed by atoms with Crippen molar-refractivity contribution in [1.29, 1.82) is 0 Å². The third kappa shape index (κ3) is 3.04. The van der Waals surface area contributed by atoms with Crippen molar-refractivity contribution in [2.75, 3.05) is 7.11 Å². The largest absolute Gasteiger partial charge is 0.497 e. The van der Waals surface area contributed by atoms with E-state index in [1.54, 1.807) is 0 Å². The molecule has 0 unspecified atom stereocenters. The standard InChI is InChI=1S/C10H13NO4S/c1-7(12)5-8-6-9(15-2)3-4-10(8)16(11,13)14/h3-4,6H,5H2,1-2H3,(H2,11,13,14). The Kier molecular flexibility index (Phi) is 3.66. The lowest BCUT2D eigenvalue weighted by atomic mass is 10.1. The van der Waals surface area contributed by atoms with Crippen LogP contribution in [0, 0.1) is 0 Å². The van der Waals surface area contributed by atoms with Crippen LogP contribution in [0.25, 0.3) is 0 Å². The fourth-order valence-corrected chi connectivity index (χ4v) is 2.12. The second kappa shape index (κ2) is 4.63. The molecular formula is C10H13NO4S. The van der Waals surface area contributed by atoms with Gasteiger partial charge >= 0.3 is 0 Å². The van der Waals surface area contributed by atoms with Gasteiger partial charge in [-0.2, -0.15) is 0 Å². The first-order chi connectivity index (χ1) is 7.34. The van der Waals surface area contributed by atoms with E-state index in [4.69, 9.17) is 9.88 Å². The summed E-state index contributed by atoms with van der Waals surface area (Å²) in [5.41, 5.74) is 0.356. The molecule has 88 valence electrons. The van der Waals surface area contributed by atoms with Gasteiger partial charge < -0.3 is 4.74 Å². The molecule has 0 aliphatic rings. The summed E-state index contributed by atoms with van der Waals surface area (Å²) in [4.78, 5) is 11.0. The molecule has 0 spiro atoms. The third-order valence-electron chi connectivity index (χ3n) is 2.01. The predicted molar refractivity (Wildman–Crippen MR) is 58.8 cm³/mol. The van der Waals surface area contributed by atoms with E-state index >= 15 is 0 Å². The lowest BCUT2D eigenvalue weighted by molar-refractivity contribution is -0.116. The zero-order valence-electron chi connectivity index (χ0n) is 9.06. The van der Waals surface area contributed by atoms with Crippen molar-refractivity contribution >= 4 is 15.8 Å². The molecule has 0 saturated heterocycles. The van der Waals surface area contributed by atoms with Crippen LogP contribution in [0.1, 0.15) is 12.5 Å². The molecule has 6 heteroatoms. The lowest BCUT2D eigenvalue weighted by Crippen LogP contribution is -2.15. The summed E-state index contributed by atoms with van der Waals surface area (Å²) < 4.78 is 27.5. The minimum Gasteiger partial charge on any atom is -0.497 e. The van der Waals surface area contributed by atoms with Crippen molar-refractivity contribution in [3.63, 3.8) is 0 Å². The molecule has 0 aliphatic heterocycles. The monoisotopic (exact) mass is 243 g/mol. The number of hydrogen-bond acceptors (Lipinski definition) is 4. The first kappa shape index (κ1) is 12.7. The number of carbonyl (C=O) groups is 1. The van der Waals surface area contributed by atoms with Crippen molar-refractivity contribution in [3.05, 3.63) is 23.8 Å². The molecule has 0 aromatic heterocycles. The Morgan fingerprint density at radius 1 is 1.44 bits per heavy atom. The van der Waals surface area contributed by atoms with Crippen LogP contribution < -0.4 is 9.88 Å². The summed E-state index contributed by atoms with van der Waals surface area (Å²) in [5.74, 6) is 0.349. The number of hydrogen-bond donors (Lipinski definition) is 1. The number of rotatable bonds is 4. The third-order valence-corrected chi connectivity index (χ3v) is 3.02. The number of carbonyl (C=O) groups excluding carboxylic acids is 1. The Bertz CT molecular complexity index is 508. The summed E-state index contributed by atoms with van der Waals surface area (Å²) in [6.45, 7) is 1.38. The molecule has 1 aromatic carbocycles. The van der Waals surface area contributed by atoms with E-state index in [2.05, 4.69) is 0 Å². The van der Waals surface area contributed by atoms with Crippen LogP contribution in [0.4, 0.5) is 0 Å². The highest BCUT2D eigenvalue weighted by Crippen LogP contribution is 2.21. The number of Topliss-reactive ketones (excluding diaryl/α,β-unsaturated/α-hetero) is 1. The van der Waals surface area contributed by atoms with Gasteiger partial charge in [-0.15, -0.1) is 0 Å². The van der Waals surface area contributed by atoms with E-state index in [-0.39, 0.29) is 17.1 Å². The number of ketones is 1. The van der Waals surface area contributed by atoms with Gasteiger partial charge in [0, 0.05) is 6.42 Å². The number of nitrogens with two attached hydrogens (primary N) is 1. The minimum absolute atomic E-state index is 0.0168. The fourth-order valence-electron chi connectivity index (χ4n) is 1.37. The van der Waals surface area contributed by atoms with Gasteiger partial charge in [-0.1, -0.05) is 0 Å². The molecule has 16 heavy (non-hydrogen) atoms. The van der Waals surface area contributed by atoms with Gasteiger partial charge in [0.05, 0.1) is 12.0 Å². The molecule has 0 saturated carbocycles. The number of methoxy groups -OCH3 is 1. The Hall–Kier alpha value is -1.40. The highest BCUT2D eigenvalue weighted by molar-refractivity contribution is 7.89. The quantitative estimate of drug-likeness (QED) is 0.833. The topological polar surface area (TPSA) is 86.5 Å². The zero-order valence-corrected chi connectivity index (χ0v) is 9.87.